The molecule has 0 aliphatic heterocycles. The van der Waals surface area contributed by atoms with E-state index < -0.39 is 0 Å². The summed E-state index contributed by atoms with van der Waals surface area (Å²) in [6.07, 6.45) is 4.78. The maximum Gasteiger partial charge on any atom is 0.261 e. The normalized spacial score (nSPS) is 17.9. The fourth-order valence-electron chi connectivity index (χ4n) is 2.16. The molecule has 100 valence electrons. The highest BCUT2D eigenvalue weighted by Crippen LogP contribution is 2.29. The Morgan fingerprint density at radius 3 is 2.83 bits per heavy atom. The van der Waals surface area contributed by atoms with Crippen LogP contribution in [-0.2, 0) is 12.8 Å². The summed E-state index contributed by atoms with van der Waals surface area (Å²) in [7, 11) is 0. The van der Waals surface area contributed by atoms with Crippen molar-refractivity contribution in [2.75, 3.05) is 5.88 Å². The third kappa shape index (κ3) is 3.07. The number of alkyl halides is 1. The predicted molar refractivity (Wildman–Crippen MR) is 77.8 cm³/mol. The molecule has 4 heteroatoms. The predicted octanol–water partition coefficient (Wildman–Crippen LogP) is 3.62. The van der Waals surface area contributed by atoms with Gasteiger partial charge in [0.1, 0.15) is 0 Å². The highest BCUT2D eigenvalue weighted by molar-refractivity contribution is 7.14. The molecule has 1 N–H and O–H groups in total. The fourth-order valence-corrected chi connectivity index (χ4v) is 3.58. The summed E-state index contributed by atoms with van der Waals surface area (Å²) in [6, 6.07) is 2.20. The van der Waals surface area contributed by atoms with Crippen LogP contribution in [0.2, 0.25) is 0 Å². The number of amides is 1. The van der Waals surface area contributed by atoms with Crippen LogP contribution in [0, 0.1) is 5.92 Å². The van der Waals surface area contributed by atoms with Crippen LogP contribution in [0.15, 0.2) is 6.07 Å². The molecular formula is C14H20ClNOS. The molecule has 18 heavy (non-hydrogen) atoms. The molecule has 1 amide bonds. The minimum atomic E-state index is 0.0545. The number of hydrogen-bond acceptors (Lipinski definition) is 2. The Labute approximate surface area is 118 Å². The molecule has 0 saturated heterocycles. The van der Waals surface area contributed by atoms with Crippen molar-refractivity contribution in [1.82, 2.24) is 5.32 Å². The maximum absolute atomic E-state index is 12.1. The van der Waals surface area contributed by atoms with E-state index in [-0.39, 0.29) is 11.9 Å². The van der Waals surface area contributed by atoms with Crippen LogP contribution >= 0.6 is 22.9 Å². The van der Waals surface area contributed by atoms with Crippen molar-refractivity contribution in [3.8, 4) is 0 Å². The average Bonchev–Trinajstić information content (AvgIpc) is 2.81. The van der Waals surface area contributed by atoms with E-state index >= 15 is 0 Å². The van der Waals surface area contributed by atoms with Crippen molar-refractivity contribution in [3.63, 3.8) is 0 Å². The van der Waals surface area contributed by atoms with Gasteiger partial charge in [0, 0.05) is 16.8 Å². The molecule has 1 aliphatic rings. The first kappa shape index (κ1) is 13.9. The van der Waals surface area contributed by atoms with Crippen molar-refractivity contribution in [3.05, 3.63) is 21.4 Å². The molecule has 0 radical (unpaired) electrons. The number of thiophene rings is 1. The van der Waals surface area contributed by atoms with Gasteiger partial charge in [0.15, 0.2) is 0 Å². The SMILES string of the molecule is CC(CCl)C(C)NC(=O)c1cc2c(s1)CCCC2. The van der Waals surface area contributed by atoms with Gasteiger partial charge in [0.2, 0.25) is 0 Å². The Morgan fingerprint density at radius 1 is 1.44 bits per heavy atom. The number of fused-ring (bicyclic) bond motifs is 1. The van der Waals surface area contributed by atoms with Crippen LogP contribution in [0.25, 0.3) is 0 Å². The molecule has 0 spiro atoms. The van der Waals surface area contributed by atoms with E-state index in [1.54, 1.807) is 11.3 Å². The van der Waals surface area contributed by atoms with Crippen LogP contribution in [0.5, 0.6) is 0 Å². The van der Waals surface area contributed by atoms with Crippen molar-refractivity contribution in [1.29, 1.82) is 0 Å². The second-order valence-electron chi connectivity index (χ2n) is 5.16. The van der Waals surface area contributed by atoms with Crippen LogP contribution in [0.4, 0.5) is 0 Å². The maximum atomic E-state index is 12.1. The molecule has 2 nitrogen and oxygen atoms in total. The van der Waals surface area contributed by atoms with E-state index in [1.807, 2.05) is 6.92 Å². The summed E-state index contributed by atoms with van der Waals surface area (Å²) < 4.78 is 0. The molecule has 2 rings (SSSR count). The smallest absolute Gasteiger partial charge is 0.261 e. The molecule has 1 aromatic rings. The van der Waals surface area contributed by atoms with E-state index in [0.717, 1.165) is 17.7 Å². The van der Waals surface area contributed by atoms with Gasteiger partial charge in [-0.15, -0.1) is 22.9 Å². The van der Waals surface area contributed by atoms with Crippen molar-refractivity contribution < 1.29 is 4.79 Å². The van der Waals surface area contributed by atoms with E-state index in [0.29, 0.717) is 11.8 Å². The van der Waals surface area contributed by atoms with Gasteiger partial charge in [0.25, 0.3) is 5.91 Å². The highest BCUT2D eigenvalue weighted by atomic mass is 35.5. The van der Waals surface area contributed by atoms with Crippen LogP contribution < -0.4 is 5.32 Å². The van der Waals surface area contributed by atoms with Gasteiger partial charge < -0.3 is 5.32 Å². The average molecular weight is 286 g/mol. The minimum absolute atomic E-state index is 0.0545. The fraction of sp³-hybridized carbons (Fsp3) is 0.643. The van der Waals surface area contributed by atoms with E-state index in [1.165, 1.54) is 23.3 Å². The largest absolute Gasteiger partial charge is 0.349 e. The van der Waals surface area contributed by atoms with Gasteiger partial charge in [-0.1, -0.05) is 6.92 Å². The number of nitrogens with one attached hydrogen (secondary N) is 1. The van der Waals surface area contributed by atoms with Crippen LogP contribution in [-0.4, -0.2) is 17.8 Å². The second-order valence-corrected chi connectivity index (χ2v) is 6.61. The summed E-state index contributed by atoms with van der Waals surface area (Å²) in [5.41, 5.74) is 1.38. The number of carbonyl (C=O) groups is 1. The molecule has 0 bridgehead atoms. The quantitative estimate of drug-likeness (QED) is 0.841. The molecule has 2 unspecified atom stereocenters. The lowest BCUT2D eigenvalue weighted by Crippen LogP contribution is -2.37. The van der Waals surface area contributed by atoms with Gasteiger partial charge in [-0.05, 0) is 50.2 Å². The first-order valence-electron chi connectivity index (χ1n) is 6.60. The van der Waals surface area contributed by atoms with Crippen LogP contribution in [0.3, 0.4) is 0 Å². The highest BCUT2D eigenvalue weighted by Gasteiger charge is 2.19. The Morgan fingerprint density at radius 2 is 2.17 bits per heavy atom. The minimum Gasteiger partial charge on any atom is -0.349 e. The van der Waals surface area contributed by atoms with Crippen LogP contribution in [0.1, 0.15) is 46.8 Å². The summed E-state index contributed by atoms with van der Waals surface area (Å²) in [6.45, 7) is 4.07. The lowest BCUT2D eigenvalue weighted by Gasteiger charge is -2.18. The Kier molecular flexibility index (Phi) is 4.68. The first-order chi connectivity index (χ1) is 8.61. The number of rotatable bonds is 4. The lowest BCUT2D eigenvalue weighted by atomic mass is 9.99. The monoisotopic (exact) mass is 285 g/mol. The topological polar surface area (TPSA) is 29.1 Å². The van der Waals surface area contributed by atoms with Gasteiger partial charge in [-0.3, -0.25) is 4.79 Å². The zero-order valence-corrected chi connectivity index (χ0v) is 12.5. The Bertz CT molecular complexity index is 406. The zero-order valence-electron chi connectivity index (χ0n) is 11.0. The molecule has 0 aromatic carbocycles. The summed E-state index contributed by atoms with van der Waals surface area (Å²) in [5, 5.41) is 3.04. The van der Waals surface area contributed by atoms with E-state index in [2.05, 4.69) is 18.3 Å². The molecule has 1 aromatic heterocycles. The number of aryl methyl sites for hydroxylation is 2. The summed E-state index contributed by atoms with van der Waals surface area (Å²) in [4.78, 5) is 14.4. The van der Waals surface area contributed by atoms with Gasteiger partial charge >= 0.3 is 0 Å². The molecular weight excluding hydrogens is 266 g/mol. The number of hydrogen-bond donors (Lipinski definition) is 1. The third-order valence-electron chi connectivity index (χ3n) is 3.68. The van der Waals surface area contributed by atoms with E-state index in [4.69, 9.17) is 11.6 Å². The molecule has 0 saturated carbocycles. The van der Waals surface area contributed by atoms with Gasteiger partial charge in [-0.2, -0.15) is 0 Å². The zero-order chi connectivity index (χ0) is 13.1. The molecule has 1 heterocycles. The second kappa shape index (κ2) is 6.07. The standard InChI is InChI=1S/C14H20ClNOS/c1-9(8-15)10(2)16-14(17)13-7-11-5-3-4-6-12(11)18-13/h7,9-10H,3-6,8H2,1-2H3,(H,16,17). The number of carbonyl (C=O) groups excluding carboxylic acids is 1. The lowest BCUT2D eigenvalue weighted by molar-refractivity contribution is 0.0935. The Hall–Kier alpha value is -0.540. The summed E-state index contributed by atoms with van der Waals surface area (Å²) >= 11 is 7.47. The molecule has 0 fully saturated rings. The molecule has 1 aliphatic carbocycles. The Balaban J connectivity index is 2.03. The van der Waals surface area contributed by atoms with Crippen molar-refractivity contribution in [2.45, 2.75) is 45.6 Å². The van der Waals surface area contributed by atoms with E-state index in [9.17, 15) is 4.79 Å². The van der Waals surface area contributed by atoms with Crippen molar-refractivity contribution >= 4 is 28.8 Å². The molecule has 2 atom stereocenters. The third-order valence-corrected chi connectivity index (χ3v) is 5.40. The first-order valence-corrected chi connectivity index (χ1v) is 7.95. The summed E-state index contributed by atoms with van der Waals surface area (Å²) in [5.74, 6) is 0.923. The van der Waals surface area contributed by atoms with Gasteiger partial charge in [-0.25, -0.2) is 0 Å². The van der Waals surface area contributed by atoms with Crippen molar-refractivity contribution in [2.24, 2.45) is 5.92 Å². The number of halogens is 1. The van der Waals surface area contributed by atoms with Gasteiger partial charge in [0.05, 0.1) is 4.88 Å².